The Morgan fingerprint density at radius 1 is 1.03 bits per heavy atom. The van der Waals surface area contributed by atoms with Crippen LogP contribution in [0.25, 0.3) is 0 Å². The Morgan fingerprint density at radius 2 is 1.70 bits per heavy atom. The van der Waals surface area contributed by atoms with Crippen molar-refractivity contribution in [2.75, 3.05) is 23.5 Å². The van der Waals surface area contributed by atoms with E-state index in [4.69, 9.17) is 16.3 Å². The first-order valence-electron chi connectivity index (χ1n) is 11.1. The average molecular weight is 463 g/mol. The number of ether oxygens (including phenoxy) is 1. The molecule has 170 valence electrons. The highest BCUT2D eigenvalue weighted by atomic mass is 35.5. The number of carbonyl (C=O) groups excluding carboxylic acids is 2. The second-order valence-electron chi connectivity index (χ2n) is 8.16. The zero-order valence-corrected chi connectivity index (χ0v) is 19.8. The molecule has 33 heavy (non-hydrogen) atoms. The van der Waals surface area contributed by atoms with Crippen LogP contribution in [0.5, 0.6) is 5.75 Å². The van der Waals surface area contributed by atoms with Crippen molar-refractivity contribution in [3.05, 3.63) is 88.9 Å². The van der Waals surface area contributed by atoms with Crippen molar-refractivity contribution in [3.63, 3.8) is 0 Å². The molecule has 1 heterocycles. The average Bonchev–Trinajstić information content (AvgIpc) is 2.84. The maximum absolute atomic E-state index is 13.7. The van der Waals surface area contributed by atoms with Crippen LogP contribution in [-0.2, 0) is 4.79 Å². The van der Waals surface area contributed by atoms with E-state index >= 15 is 0 Å². The topological polar surface area (TPSA) is 49.9 Å². The monoisotopic (exact) mass is 462 g/mol. The maximum Gasteiger partial charge on any atom is 0.258 e. The first kappa shape index (κ1) is 22.9. The Bertz CT molecular complexity index is 1140. The van der Waals surface area contributed by atoms with Crippen molar-refractivity contribution >= 4 is 34.8 Å². The number of nitrogens with zero attached hydrogens (tertiary/aromatic N) is 2. The lowest BCUT2D eigenvalue weighted by atomic mass is 9.84. The van der Waals surface area contributed by atoms with Gasteiger partial charge in [-0.3, -0.25) is 9.59 Å². The van der Waals surface area contributed by atoms with Crippen molar-refractivity contribution < 1.29 is 14.3 Å². The zero-order valence-electron chi connectivity index (χ0n) is 19.0. The minimum Gasteiger partial charge on any atom is -0.497 e. The van der Waals surface area contributed by atoms with Gasteiger partial charge in [0.15, 0.2) is 0 Å². The fourth-order valence-corrected chi connectivity index (χ4v) is 4.63. The fraction of sp³-hybridized carbons (Fsp3) is 0.259. The largest absolute Gasteiger partial charge is 0.497 e. The predicted octanol–water partition coefficient (Wildman–Crippen LogP) is 5.92. The molecule has 4 rings (SSSR count). The summed E-state index contributed by atoms with van der Waals surface area (Å²) in [6.45, 7) is 4.50. The molecule has 0 aliphatic carbocycles. The molecule has 0 saturated heterocycles. The summed E-state index contributed by atoms with van der Waals surface area (Å²) in [5.74, 6) is 0.294. The Balaban J connectivity index is 1.68. The second kappa shape index (κ2) is 9.67. The number of benzene rings is 3. The number of likely N-dealkylation sites (N-methyl/N-ethyl adjacent to an activating group) is 1. The number of amides is 2. The summed E-state index contributed by atoms with van der Waals surface area (Å²) in [6, 6.07) is 22.0. The molecule has 1 aliphatic heterocycles. The van der Waals surface area contributed by atoms with Gasteiger partial charge < -0.3 is 14.5 Å². The van der Waals surface area contributed by atoms with E-state index in [1.54, 1.807) is 53.3 Å². The molecule has 0 fully saturated rings. The number of halogens is 1. The van der Waals surface area contributed by atoms with Crippen molar-refractivity contribution in [2.45, 2.75) is 32.2 Å². The normalized spacial score (nSPS) is 17.3. The fourth-order valence-electron chi connectivity index (χ4n) is 4.50. The van der Waals surface area contributed by atoms with Gasteiger partial charge in [-0.2, -0.15) is 0 Å². The Morgan fingerprint density at radius 3 is 2.33 bits per heavy atom. The minimum absolute atomic E-state index is 0.0238. The van der Waals surface area contributed by atoms with E-state index in [0.717, 1.165) is 16.9 Å². The van der Waals surface area contributed by atoms with Gasteiger partial charge >= 0.3 is 0 Å². The molecule has 0 unspecified atom stereocenters. The van der Waals surface area contributed by atoms with Gasteiger partial charge in [0.1, 0.15) is 5.75 Å². The molecule has 2 atom stereocenters. The number of hydrogen-bond donors (Lipinski definition) is 0. The number of para-hydroxylation sites is 1. The highest BCUT2D eigenvalue weighted by Crippen LogP contribution is 2.40. The van der Waals surface area contributed by atoms with Crippen LogP contribution in [0, 0.1) is 0 Å². The predicted molar refractivity (Wildman–Crippen MR) is 133 cm³/mol. The standard InChI is InChI=1S/C27H27ClN2O3/c1-4-29(21-13-11-20(28)12-14-21)27(32)24-17-18(2)30(25-8-6-5-7-23(24)25)26(31)19-9-15-22(33-3)16-10-19/h5-16,18,24H,4,17H2,1-3H3/t18-,24-/m0/s1. The maximum atomic E-state index is 13.7. The molecule has 1 aliphatic rings. The van der Waals surface area contributed by atoms with E-state index in [-0.39, 0.29) is 23.8 Å². The van der Waals surface area contributed by atoms with Crippen LogP contribution in [-0.4, -0.2) is 31.5 Å². The summed E-state index contributed by atoms with van der Waals surface area (Å²) in [6.07, 6.45) is 0.543. The minimum atomic E-state index is -0.341. The first-order chi connectivity index (χ1) is 15.9. The Kier molecular flexibility index (Phi) is 6.70. The van der Waals surface area contributed by atoms with Crippen LogP contribution >= 0.6 is 11.6 Å². The van der Waals surface area contributed by atoms with Gasteiger partial charge in [-0.1, -0.05) is 29.8 Å². The molecule has 0 saturated carbocycles. The lowest BCUT2D eigenvalue weighted by molar-refractivity contribution is -0.120. The number of carbonyl (C=O) groups is 2. The zero-order chi connectivity index (χ0) is 23.5. The lowest BCUT2D eigenvalue weighted by Crippen LogP contribution is -2.46. The molecule has 5 nitrogen and oxygen atoms in total. The van der Waals surface area contributed by atoms with Gasteiger partial charge in [0.25, 0.3) is 5.91 Å². The summed E-state index contributed by atoms with van der Waals surface area (Å²) in [5.41, 5.74) is 3.05. The molecule has 2 amide bonds. The molecule has 0 radical (unpaired) electrons. The molecule has 3 aromatic carbocycles. The Hall–Kier alpha value is -3.31. The van der Waals surface area contributed by atoms with E-state index in [2.05, 4.69) is 0 Å². The van der Waals surface area contributed by atoms with Gasteiger partial charge in [0.2, 0.25) is 5.91 Å². The third-order valence-corrected chi connectivity index (χ3v) is 6.42. The quantitative estimate of drug-likeness (QED) is 0.472. The number of rotatable bonds is 5. The van der Waals surface area contributed by atoms with Gasteiger partial charge in [-0.25, -0.2) is 0 Å². The van der Waals surface area contributed by atoms with Crippen LogP contribution in [0.4, 0.5) is 11.4 Å². The SMILES string of the molecule is CCN(C(=O)[C@H]1C[C@H](C)N(C(=O)c2ccc(OC)cc2)c2ccccc21)c1ccc(Cl)cc1. The summed E-state index contributed by atoms with van der Waals surface area (Å²) in [5, 5.41) is 0.631. The molecule has 0 spiro atoms. The summed E-state index contributed by atoms with van der Waals surface area (Å²) >= 11 is 6.04. The van der Waals surface area contributed by atoms with Crippen molar-refractivity contribution in [3.8, 4) is 5.75 Å². The van der Waals surface area contributed by atoms with Crippen molar-refractivity contribution in [1.82, 2.24) is 0 Å². The molecule has 0 aromatic heterocycles. The van der Waals surface area contributed by atoms with Crippen LogP contribution in [0.15, 0.2) is 72.8 Å². The van der Waals surface area contributed by atoms with Gasteiger partial charge in [-0.05, 0) is 80.4 Å². The third kappa shape index (κ3) is 4.46. The van der Waals surface area contributed by atoms with E-state index in [9.17, 15) is 9.59 Å². The Labute approximate surface area is 199 Å². The summed E-state index contributed by atoms with van der Waals surface area (Å²) in [4.78, 5) is 30.8. The van der Waals surface area contributed by atoms with E-state index < -0.39 is 0 Å². The summed E-state index contributed by atoms with van der Waals surface area (Å²) in [7, 11) is 1.60. The van der Waals surface area contributed by atoms with Gasteiger partial charge in [0.05, 0.1) is 13.0 Å². The molecule has 3 aromatic rings. The van der Waals surface area contributed by atoms with Crippen LogP contribution in [0.2, 0.25) is 5.02 Å². The smallest absolute Gasteiger partial charge is 0.258 e. The number of methoxy groups -OCH3 is 1. The molecular weight excluding hydrogens is 436 g/mol. The van der Waals surface area contributed by atoms with Crippen LogP contribution in [0.3, 0.4) is 0 Å². The first-order valence-corrected chi connectivity index (χ1v) is 11.5. The number of anilines is 2. The van der Waals surface area contributed by atoms with E-state index in [0.29, 0.717) is 29.3 Å². The molecule has 0 N–H and O–H groups in total. The second-order valence-corrected chi connectivity index (χ2v) is 8.60. The summed E-state index contributed by atoms with van der Waals surface area (Å²) < 4.78 is 5.21. The molecule has 6 heteroatoms. The number of fused-ring (bicyclic) bond motifs is 1. The van der Waals surface area contributed by atoms with Crippen molar-refractivity contribution in [2.24, 2.45) is 0 Å². The van der Waals surface area contributed by atoms with Crippen LogP contribution < -0.4 is 14.5 Å². The molecular formula is C27H27ClN2O3. The van der Waals surface area contributed by atoms with E-state index in [1.165, 1.54) is 0 Å². The van der Waals surface area contributed by atoms with Crippen molar-refractivity contribution in [1.29, 1.82) is 0 Å². The highest BCUT2D eigenvalue weighted by molar-refractivity contribution is 6.30. The number of hydrogen-bond acceptors (Lipinski definition) is 3. The van der Waals surface area contributed by atoms with Gasteiger partial charge in [-0.15, -0.1) is 0 Å². The third-order valence-electron chi connectivity index (χ3n) is 6.16. The van der Waals surface area contributed by atoms with E-state index in [1.807, 2.05) is 50.2 Å². The highest BCUT2D eigenvalue weighted by Gasteiger charge is 2.38. The lowest BCUT2D eigenvalue weighted by Gasteiger charge is -2.40. The molecule has 0 bridgehead atoms. The van der Waals surface area contributed by atoms with Crippen LogP contribution in [0.1, 0.15) is 42.1 Å². The van der Waals surface area contributed by atoms with Gasteiger partial charge in [0, 0.05) is 34.5 Å².